The van der Waals surface area contributed by atoms with Crippen LogP contribution in [0.4, 0.5) is 0 Å². The molecule has 2 atom stereocenters. The number of aliphatic hydroxyl groups is 1. The molecule has 1 amide bonds. The van der Waals surface area contributed by atoms with Gasteiger partial charge in [-0.25, -0.2) is 5.48 Å². The molecule has 0 saturated carbocycles. The van der Waals surface area contributed by atoms with E-state index in [1.54, 1.807) is 0 Å². The minimum absolute atomic E-state index is 0.0885. The first-order valence-electron chi connectivity index (χ1n) is 7.74. The van der Waals surface area contributed by atoms with Crippen molar-refractivity contribution in [2.24, 2.45) is 5.92 Å². The van der Waals surface area contributed by atoms with Gasteiger partial charge in [-0.2, -0.15) is 0 Å². The van der Waals surface area contributed by atoms with Crippen LogP contribution in [0.15, 0.2) is 30.3 Å². The Bertz CT molecular complexity index is 394. The molecule has 1 rings (SSSR count). The molecule has 0 aliphatic heterocycles. The molecule has 0 aliphatic carbocycles. The summed E-state index contributed by atoms with van der Waals surface area (Å²) >= 11 is 0. The summed E-state index contributed by atoms with van der Waals surface area (Å²) in [4.78, 5) is 16.8. The summed E-state index contributed by atoms with van der Waals surface area (Å²) in [5.41, 5.74) is 3.37. The number of hydrogen-bond donors (Lipinski definition) is 2. The third kappa shape index (κ3) is 8.48. The van der Waals surface area contributed by atoms with Crippen molar-refractivity contribution in [3.63, 3.8) is 0 Å². The number of aliphatic hydroxyl groups excluding tert-OH is 1. The maximum atomic E-state index is 11.6. The molecule has 0 spiro atoms. The number of nitrogens with one attached hydrogen (secondary N) is 1. The number of carbonyl (C=O) groups is 1. The second-order valence-electron chi connectivity index (χ2n) is 5.64. The van der Waals surface area contributed by atoms with E-state index in [0.29, 0.717) is 18.9 Å². The zero-order valence-electron chi connectivity index (χ0n) is 13.0. The lowest BCUT2D eigenvalue weighted by Crippen LogP contribution is -2.28. The van der Waals surface area contributed by atoms with Gasteiger partial charge in [0, 0.05) is 0 Å². The van der Waals surface area contributed by atoms with Gasteiger partial charge in [0.15, 0.2) is 0 Å². The Labute approximate surface area is 127 Å². The third-order valence-electron chi connectivity index (χ3n) is 3.41. The Balaban J connectivity index is 2.15. The first kappa shape index (κ1) is 17.7. The lowest BCUT2D eigenvalue weighted by atomic mass is 9.96. The summed E-state index contributed by atoms with van der Waals surface area (Å²) in [6.07, 6.45) is 3.57. The number of rotatable bonds is 10. The first-order valence-corrected chi connectivity index (χ1v) is 7.74. The van der Waals surface area contributed by atoms with Crippen LogP contribution in [0.25, 0.3) is 0 Å². The van der Waals surface area contributed by atoms with E-state index in [2.05, 4.69) is 19.3 Å². The van der Waals surface area contributed by atoms with Crippen LogP contribution < -0.4 is 5.48 Å². The van der Waals surface area contributed by atoms with Crippen molar-refractivity contribution >= 4 is 5.91 Å². The average molecular weight is 293 g/mol. The second-order valence-corrected chi connectivity index (χ2v) is 5.64. The fourth-order valence-electron chi connectivity index (χ4n) is 2.25. The van der Waals surface area contributed by atoms with Crippen LogP contribution in [-0.4, -0.2) is 17.1 Å². The number of hydrogen-bond acceptors (Lipinski definition) is 3. The van der Waals surface area contributed by atoms with Gasteiger partial charge in [0.25, 0.3) is 0 Å². The highest BCUT2D eigenvalue weighted by molar-refractivity contribution is 5.75. The Morgan fingerprint density at radius 1 is 1.33 bits per heavy atom. The van der Waals surface area contributed by atoms with Gasteiger partial charge in [-0.05, 0) is 17.9 Å². The van der Waals surface area contributed by atoms with Crippen LogP contribution in [0.1, 0.15) is 51.5 Å². The molecule has 118 valence electrons. The van der Waals surface area contributed by atoms with Gasteiger partial charge in [-0.1, -0.05) is 63.4 Å². The highest BCUT2D eigenvalue weighted by Crippen LogP contribution is 2.15. The van der Waals surface area contributed by atoms with Gasteiger partial charge in [0.2, 0.25) is 5.91 Å². The molecule has 21 heavy (non-hydrogen) atoms. The fourth-order valence-corrected chi connectivity index (χ4v) is 2.25. The van der Waals surface area contributed by atoms with Crippen molar-refractivity contribution < 1.29 is 14.7 Å². The van der Waals surface area contributed by atoms with E-state index in [0.717, 1.165) is 18.4 Å². The molecule has 0 fully saturated rings. The van der Waals surface area contributed by atoms with Crippen molar-refractivity contribution in [1.82, 2.24) is 5.48 Å². The van der Waals surface area contributed by atoms with Crippen molar-refractivity contribution in [1.29, 1.82) is 0 Å². The maximum absolute atomic E-state index is 11.6. The van der Waals surface area contributed by atoms with Crippen LogP contribution in [0.5, 0.6) is 0 Å². The normalized spacial score (nSPS) is 13.7. The molecule has 4 heteroatoms. The van der Waals surface area contributed by atoms with Gasteiger partial charge in [0.1, 0.15) is 0 Å². The fraction of sp³-hybridized carbons (Fsp3) is 0.588. The number of hydroxylamine groups is 1. The minimum atomic E-state index is -0.600. The number of amides is 1. The van der Waals surface area contributed by atoms with Crippen molar-refractivity contribution in [2.75, 3.05) is 0 Å². The molecule has 0 bridgehead atoms. The van der Waals surface area contributed by atoms with E-state index in [1.165, 1.54) is 6.42 Å². The molecule has 0 radical (unpaired) electrons. The Kier molecular flexibility index (Phi) is 8.71. The summed E-state index contributed by atoms with van der Waals surface area (Å²) in [5.74, 6) is 0.166. The SMILES string of the molecule is CCCC[C@@H](C)C[C@@H](O)CC(=O)NOCc1ccccc1. The van der Waals surface area contributed by atoms with Crippen molar-refractivity contribution in [2.45, 2.75) is 58.7 Å². The van der Waals surface area contributed by atoms with Crippen molar-refractivity contribution in [3.8, 4) is 0 Å². The summed E-state index contributed by atoms with van der Waals surface area (Å²) in [6, 6.07) is 9.62. The van der Waals surface area contributed by atoms with Crippen LogP contribution in [-0.2, 0) is 16.2 Å². The maximum Gasteiger partial charge on any atom is 0.246 e. The molecule has 0 aliphatic rings. The monoisotopic (exact) mass is 293 g/mol. The number of carbonyl (C=O) groups excluding carboxylic acids is 1. The summed E-state index contributed by atoms with van der Waals surface area (Å²) < 4.78 is 0. The molecule has 0 heterocycles. The second kappa shape index (κ2) is 10.4. The lowest BCUT2D eigenvalue weighted by Gasteiger charge is -2.15. The minimum Gasteiger partial charge on any atom is -0.393 e. The van der Waals surface area contributed by atoms with Crippen LogP contribution in [0.3, 0.4) is 0 Å². The van der Waals surface area contributed by atoms with Crippen molar-refractivity contribution in [3.05, 3.63) is 35.9 Å². The predicted octanol–water partition coefficient (Wildman–Crippen LogP) is 3.20. The van der Waals surface area contributed by atoms with Gasteiger partial charge >= 0.3 is 0 Å². The molecule has 0 aromatic heterocycles. The largest absolute Gasteiger partial charge is 0.393 e. The molecular formula is C17H27NO3. The average Bonchev–Trinajstić information content (AvgIpc) is 2.46. The van der Waals surface area contributed by atoms with Gasteiger partial charge in [-0.15, -0.1) is 0 Å². The Morgan fingerprint density at radius 2 is 2.05 bits per heavy atom. The van der Waals surface area contributed by atoms with E-state index in [4.69, 9.17) is 4.84 Å². The van der Waals surface area contributed by atoms with Crippen LogP contribution in [0.2, 0.25) is 0 Å². The van der Waals surface area contributed by atoms with Gasteiger partial charge in [0.05, 0.1) is 19.1 Å². The summed E-state index contributed by atoms with van der Waals surface area (Å²) in [5, 5.41) is 9.89. The molecule has 4 nitrogen and oxygen atoms in total. The van der Waals surface area contributed by atoms with E-state index in [1.807, 2.05) is 30.3 Å². The highest BCUT2D eigenvalue weighted by atomic mass is 16.6. The summed E-state index contributed by atoms with van der Waals surface area (Å²) in [7, 11) is 0. The van der Waals surface area contributed by atoms with Crippen LogP contribution in [0, 0.1) is 5.92 Å². The topological polar surface area (TPSA) is 58.6 Å². The Morgan fingerprint density at radius 3 is 2.71 bits per heavy atom. The highest BCUT2D eigenvalue weighted by Gasteiger charge is 2.14. The molecule has 2 N–H and O–H groups in total. The zero-order chi connectivity index (χ0) is 15.5. The Hall–Kier alpha value is -1.39. The summed E-state index contributed by atoms with van der Waals surface area (Å²) in [6.45, 7) is 4.60. The standard InChI is InChI=1S/C17H27NO3/c1-3-4-8-14(2)11-16(19)12-17(20)18-21-13-15-9-6-5-7-10-15/h5-7,9-10,14,16,19H,3-4,8,11-13H2,1-2H3,(H,18,20)/t14-,16-/m1/s1. The quantitative estimate of drug-likeness (QED) is 0.651. The first-order chi connectivity index (χ1) is 10.1. The molecule has 1 aromatic carbocycles. The van der Waals surface area contributed by atoms with Gasteiger partial charge < -0.3 is 5.11 Å². The molecule has 0 saturated heterocycles. The van der Waals surface area contributed by atoms with Crippen LogP contribution >= 0.6 is 0 Å². The molecule has 0 unspecified atom stereocenters. The van der Waals surface area contributed by atoms with E-state index < -0.39 is 6.10 Å². The number of benzene rings is 1. The van der Waals surface area contributed by atoms with E-state index in [-0.39, 0.29) is 12.3 Å². The smallest absolute Gasteiger partial charge is 0.246 e. The lowest BCUT2D eigenvalue weighted by molar-refractivity contribution is -0.136. The predicted molar refractivity (Wildman–Crippen MR) is 83.3 cm³/mol. The van der Waals surface area contributed by atoms with E-state index >= 15 is 0 Å². The molecular weight excluding hydrogens is 266 g/mol. The zero-order valence-corrected chi connectivity index (χ0v) is 13.0. The van der Waals surface area contributed by atoms with E-state index in [9.17, 15) is 9.90 Å². The third-order valence-corrected chi connectivity index (χ3v) is 3.41. The van der Waals surface area contributed by atoms with Gasteiger partial charge in [-0.3, -0.25) is 9.63 Å². The number of unbranched alkanes of at least 4 members (excludes halogenated alkanes) is 1. The molecule has 1 aromatic rings.